The van der Waals surface area contributed by atoms with E-state index in [1.165, 1.54) is 24.2 Å². The molecular weight excluding hydrogens is 346 g/mol. The number of hydrogen-bond donors (Lipinski definition) is 1. The largest absolute Gasteiger partial charge is 0.443 e. The monoisotopic (exact) mass is 363 g/mol. The third-order valence-electron chi connectivity index (χ3n) is 4.70. The van der Waals surface area contributed by atoms with E-state index in [0.717, 1.165) is 19.6 Å². The highest BCUT2D eigenvalue weighted by molar-refractivity contribution is 7.15. The van der Waals surface area contributed by atoms with E-state index in [1.807, 2.05) is 12.1 Å². The maximum absolute atomic E-state index is 12.5. The number of amides is 1. The molecule has 1 aromatic heterocycles. The highest BCUT2D eigenvalue weighted by Crippen LogP contribution is 2.32. The number of fused-ring (bicyclic) bond motifs is 3. The van der Waals surface area contributed by atoms with E-state index >= 15 is 0 Å². The number of ether oxygens (including phenoxy) is 1. The number of benzene rings is 1. The molecule has 0 unspecified atom stereocenters. The molecule has 0 radical (unpaired) electrons. The predicted molar refractivity (Wildman–Crippen MR) is 94.1 cm³/mol. The van der Waals surface area contributed by atoms with Gasteiger partial charge in [-0.1, -0.05) is 35.1 Å². The van der Waals surface area contributed by atoms with Crippen molar-refractivity contribution in [3.8, 4) is 10.8 Å². The molecular formula is C17H18ClN3O2S. The molecule has 0 spiro atoms. The maximum atomic E-state index is 12.5. The molecule has 2 aromatic rings. The summed E-state index contributed by atoms with van der Waals surface area (Å²) in [5.41, 5.74) is 0. The fourth-order valence-corrected chi connectivity index (χ4v) is 4.26. The van der Waals surface area contributed by atoms with E-state index in [2.05, 4.69) is 15.2 Å². The summed E-state index contributed by atoms with van der Waals surface area (Å²) in [6.07, 6.45) is 3.91. The normalized spacial score (nSPS) is 25.5. The molecule has 3 aliphatic heterocycles. The molecule has 3 fully saturated rings. The van der Waals surface area contributed by atoms with Gasteiger partial charge in [-0.2, -0.15) is 0 Å². The van der Waals surface area contributed by atoms with Gasteiger partial charge in [0.05, 0.1) is 11.2 Å². The van der Waals surface area contributed by atoms with Gasteiger partial charge in [0.15, 0.2) is 5.01 Å². The van der Waals surface area contributed by atoms with E-state index in [1.54, 1.807) is 18.3 Å². The molecule has 2 bridgehead atoms. The zero-order valence-corrected chi connectivity index (χ0v) is 14.6. The number of aromatic nitrogens is 1. The number of nitrogens with zero attached hydrogens (tertiary/aromatic N) is 2. The van der Waals surface area contributed by atoms with Gasteiger partial charge in [0.1, 0.15) is 5.75 Å². The molecule has 0 saturated carbocycles. The van der Waals surface area contributed by atoms with Crippen molar-refractivity contribution in [1.29, 1.82) is 0 Å². The summed E-state index contributed by atoms with van der Waals surface area (Å²) in [6, 6.07) is 7.48. The number of carbonyl (C=O) groups is 1. The van der Waals surface area contributed by atoms with Gasteiger partial charge >= 0.3 is 0 Å². The van der Waals surface area contributed by atoms with Crippen LogP contribution in [-0.4, -0.2) is 41.5 Å². The zero-order valence-electron chi connectivity index (χ0n) is 13.1. The Balaban J connectivity index is 1.41. The molecule has 4 heterocycles. The van der Waals surface area contributed by atoms with E-state index in [9.17, 15) is 4.79 Å². The minimum atomic E-state index is -0.118. The second kappa shape index (κ2) is 6.70. The summed E-state index contributed by atoms with van der Waals surface area (Å²) in [6.45, 7) is 3.26. The van der Waals surface area contributed by atoms with Crippen molar-refractivity contribution in [2.24, 2.45) is 5.92 Å². The topological polar surface area (TPSA) is 54.5 Å². The van der Waals surface area contributed by atoms with Crippen LogP contribution in [0.25, 0.3) is 0 Å². The molecule has 0 aliphatic carbocycles. The first kappa shape index (κ1) is 15.9. The Morgan fingerprint density at radius 2 is 2.12 bits per heavy atom. The lowest BCUT2D eigenvalue weighted by molar-refractivity contribution is 0.0620. The van der Waals surface area contributed by atoms with Crippen molar-refractivity contribution in [3.05, 3.63) is 40.5 Å². The van der Waals surface area contributed by atoms with Crippen molar-refractivity contribution < 1.29 is 9.53 Å². The Morgan fingerprint density at radius 3 is 2.83 bits per heavy atom. The van der Waals surface area contributed by atoms with E-state index in [4.69, 9.17) is 16.3 Å². The van der Waals surface area contributed by atoms with Crippen LogP contribution in [0.2, 0.25) is 5.02 Å². The van der Waals surface area contributed by atoms with Crippen molar-refractivity contribution in [3.63, 3.8) is 0 Å². The summed E-state index contributed by atoms with van der Waals surface area (Å²) in [4.78, 5) is 19.1. The third kappa shape index (κ3) is 3.27. The van der Waals surface area contributed by atoms with Gasteiger partial charge < -0.3 is 15.0 Å². The van der Waals surface area contributed by atoms with Gasteiger partial charge in [0.2, 0.25) is 5.06 Å². The first-order chi connectivity index (χ1) is 11.7. The number of rotatable bonds is 4. The van der Waals surface area contributed by atoms with Crippen LogP contribution in [-0.2, 0) is 0 Å². The number of hydrogen-bond acceptors (Lipinski definition) is 5. The Kier molecular flexibility index (Phi) is 4.43. The van der Waals surface area contributed by atoms with E-state index in [-0.39, 0.29) is 11.9 Å². The fourth-order valence-electron chi connectivity index (χ4n) is 3.41. The fraction of sp³-hybridized carbons (Fsp3) is 0.412. The van der Waals surface area contributed by atoms with E-state index < -0.39 is 0 Å². The van der Waals surface area contributed by atoms with Crippen molar-refractivity contribution in [1.82, 2.24) is 15.2 Å². The number of piperidine rings is 3. The summed E-state index contributed by atoms with van der Waals surface area (Å²) in [7, 11) is 0. The minimum absolute atomic E-state index is 0.118. The van der Waals surface area contributed by atoms with Gasteiger partial charge in [-0.3, -0.25) is 4.79 Å². The lowest BCUT2D eigenvalue weighted by Gasteiger charge is -2.44. The Morgan fingerprint density at radius 1 is 1.33 bits per heavy atom. The SMILES string of the molecule is O=C(N[C@H]1CN2CCC1CC2)c1ncc(Oc2ccccc2Cl)s1. The second-order valence-corrected chi connectivity index (χ2v) is 7.64. The van der Waals surface area contributed by atoms with Gasteiger partial charge in [0, 0.05) is 12.6 Å². The average molecular weight is 364 g/mol. The van der Waals surface area contributed by atoms with Crippen LogP contribution in [0.3, 0.4) is 0 Å². The Hall–Kier alpha value is -1.63. The van der Waals surface area contributed by atoms with Crippen LogP contribution in [0.15, 0.2) is 30.5 Å². The summed E-state index contributed by atoms with van der Waals surface area (Å²) < 4.78 is 5.72. The standard InChI is InChI=1S/C17H18ClN3O2S/c18-12-3-1-2-4-14(12)23-15-9-19-17(24-15)16(22)20-13-10-21-7-5-11(13)6-8-21/h1-4,9,11,13H,5-8,10H2,(H,20,22)/t13-/m0/s1. The van der Waals surface area contributed by atoms with Gasteiger partial charge in [-0.15, -0.1) is 0 Å². The van der Waals surface area contributed by atoms with Crippen molar-refractivity contribution in [2.75, 3.05) is 19.6 Å². The Labute approximate surface area is 149 Å². The molecule has 24 heavy (non-hydrogen) atoms. The molecule has 3 aliphatic rings. The predicted octanol–water partition coefficient (Wildman–Crippen LogP) is 3.41. The highest BCUT2D eigenvalue weighted by atomic mass is 35.5. The van der Waals surface area contributed by atoms with Crippen molar-refractivity contribution in [2.45, 2.75) is 18.9 Å². The second-order valence-electron chi connectivity index (χ2n) is 6.23. The summed E-state index contributed by atoms with van der Waals surface area (Å²) in [5, 5.41) is 4.65. The van der Waals surface area contributed by atoms with Gasteiger partial charge in [0.25, 0.3) is 5.91 Å². The summed E-state index contributed by atoms with van der Waals surface area (Å²) >= 11 is 7.32. The lowest BCUT2D eigenvalue weighted by atomic mass is 9.84. The first-order valence-electron chi connectivity index (χ1n) is 8.10. The smallest absolute Gasteiger partial charge is 0.280 e. The highest BCUT2D eigenvalue weighted by Gasteiger charge is 2.35. The van der Waals surface area contributed by atoms with Gasteiger partial charge in [-0.25, -0.2) is 4.98 Å². The third-order valence-corrected chi connectivity index (χ3v) is 5.88. The zero-order chi connectivity index (χ0) is 16.5. The molecule has 5 rings (SSSR count). The number of halogens is 1. The molecule has 7 heteroatoms. The number of nitrogens with one attached hydrogen (secondary N) is 1. The van der Waals surface area contributed by atoms with Crippen LogP contribution in [0.1, 0.15) is 22.6 Å². The van der Waals surface area contributed by atoms with Crippen LogP contribution in [0.5, 0.6) is 10.8 Å². The molecule has 1 N–H and O–H groups in total. The minimum Gasteiger partial charge on any atom is -0.443 e. The van der Waals surface area contributed by atoms with Crippen LogP contribution in [0.4, 0.5) is 0 Å². The Bertz CT molecular complexity index is 743. The summed E-state index contributed by atoms with van der Waals surface area (Å²) in [5.74, 6) is 1.04. The van der Waals surface area contributed by atoms with Gasteiger partial charge in [-0.05, 0) is 44.0 Å². The molecule has 3 saturated heterocycles. The number of carbonyl (C=O) groups excluding carboxylic acids is 1. The van der Waals surface area contributed by atoms with Crippen LogP contribution < -0.4 is 10.1 Å². The van der Waals surface area contributed by atoms with Crippen LogP contribution >= 0.6 is 22.9 Å². The van der Waals surface area contributed by atoms with Crippen LogP contribution in [0, 0.1) is 5.92 Å². The molecule has 5 nitrogen and oxygen atoms in total. The molecule has 126 valence electrons. The number of para-hydroxylation sites is 1. The van der Waals surface area contributed by atoms with E-state index in [0.29, 0.717) is 26.8 Å². The molecule has 1 atom stereocenters. The average Bonchev–Trinajstić information content (AvgIpc) is 3.07. The quantitative estimate of drug-likeness (QED) is 0.904. The molecule has 1 amide bonds. The molecule has 1 aromatic carbocycles. The maximum Gasteiger partial charge on any atom is 0.280 e. The lowest BCUT2D eigenvalue weighted by Crippen LogP contribution is -2.57. The first-order valence-corrected chi connectivity index (χ1v) is 9.30. The number of thiazole rings is 1. The van der Waals surface area contributed by atoms with Crippen molar-refractivity contribution >= 4 is 28.8 Å².